The van der Waals surface area contributed by atoms with Gasteiger partial charge in [0.2, 0.25) is 0 Å². The van der Waals surface area contributed by atoms with Gasteiger partial charge >= 0.3 is 0 Å². The molecule has 1 aliphatic heterocycles. The van der Waals surface area contributed by atoms with Crippen LogP contribution in [-0.4, -0.2) is 48.9 Å². The van der Waals surface area contributed by atoms with E-state index in [0.717, 1.165) is 11.1 Å². The third kappa shape index (κ3) is 3.78. The smallest absolute Gasteiger partial charge is 0.295 e. The van der Waals surface area contributed by atoms with Gasteiger partial charge in [-0.25, -0.2) is 0 Å². The molecule has 1 saturated heterocycles. The Labute approximate surface area is 159 Å². The van der Waals surface area contributed by atoms with Gasteiger partial charge in [-0.05, 0) is 12.5 Å². The number of hydrogen-bond acceptors (Lipinski definition) is 3. The fraction of sp³-hybridized carbons (Fsp3) is 0.273. The monoisotopic (exact) mass is 365 g/mol. The van der Waals surface area contributed by atoms with Crippen LogP contribution in [0.3, 0.4) is 0 Å². The predicted molar refractivity (Wildman–Crippen MR) is 104 cm³/mol. The number of likely N-dealkylation sites (N-methyl/N-ethyl adjacent to an activating group) is 1. The molecule has 5 nitrogen and oxygen atoms in total. The quantitative estimate of drug-likeness (QED) is 0.480. The summed E-state index contributed by atoms with van der Waals surface area (Å²) in [7, 11) is 4.00. The highest BCUT2D eigenvalue weighted by Gasteiger charge is 2.46. The average molecular weight is 365 g/mol. The number of carbonyl (C=O) groups is 2. The van der Waals surface area contributed by atoms with Crippen LogP contribution in [-0.2, 0) is 9.59 Å². The lowest BCUT2D eigenvalue weighted by molar-refractivity contribution is -0.857. The van der Waals surface area contributed by atoms with Gasteiger partial charge in [0.1, 0.15) is 5.76 Å². The van der Waals surface area contributed by atoms with Crippen LogP contribution < -0.4 is 4.90 Å². The number of aliphatic hydroxyl groups excluding tert-OH is 1. The van der Waals surface area contributed by atoms with Crippen molar-refractivity contribution in [3.63, 3.8) is 0 Å². The maximum Gasteiger partial charge on any atom is 0.295 e. The number of Topliss-reactive ketones (excluding diaryl/α,β-unsaturated/α-hetero) is 1. The van der Waals surface area contributed by atoms with E-state index < -0.39 is 17.7 Å². The topological polar surface area (TPSA) is 62.0 Å². The maximum absolute atomic E-state index is 12.8. The second-order valence-electron chi connectivity index (χ2n) is 7.23. The molecule has 2 aromatic rings. The molecule has 27 heavy (non-hydrogen) atoms. The summed E-state index contributed by atoms with van der Waals surface area (Å²) in [5.41, 5.74) is 2.61. The number of carbonyl (C=O) groups excluding carboxylic acids is 2. The first-order valence-electron chi connectivity index (χ1n) is 9.09. The van der Waals surface area contributed by atoms with Gasteiger partial charge in [-0.15, -0.1) is 0 Å². The molecule has 1 aliphatic rings. The summed E-state index contributed by atoms with van der Waals surface area (Å²) in [6.07, 6.45) is 0. The summed E-state index contributed by atoms with van der Waals surface area (Å²) >= 11 is 0. The zero-order valence-corrected chi connectivity index (χ0v) is 15.9. The predicted octanol–water partition coefficient (Wildman–Crippen LogP) is 1.56. The number of benzene rings is 2. The van der Waals surface area contributed by atoms with Gasteiger partial charge in [0, 0.05) is 5.56 Å². The van der Waals surface area contributed by atoms with Crippen LogP contribution in [0, 0.1) is 6.92 Å². The summed E-state index contributed by atoms with van der Waals surface area (Å²) in [4.78, 5) is 28.3. The third-order valence-corrected chi connectivity index (χ3v) is 4.83. The Hall–Kier alpha value is -2.92. The van der Waals surface area contributed by atoms with Gasteiger partial charge in [-0.1, -0.05) is 60.2 Å². The Bertz CT molecular complexity index is 870. The Morgan fingerprint density at radius 3 is 2.26 bits per heavy atom. The van der Waals surface area contributed by atoms with E-state index in [2.05, 4.69) is 0 Å². The fourth-order valence-corrected chi connectivity index (χ4v) is 3.30. The van der Waals surface area contributed by atoms with Crippen LogP contribution in [0.1, 0.15) is 22.7 Å². The molecule has 3 rings (SSSR count). The number of ketones is 1. The SMILES string of the molecule is Cc1ccc([C@@H]2/C(=C(\O)c3ccccc3)C(=O)C(=O)N2CC[NH+](C)C)cc1. The first kappa shape index (κ1) is 18.9. The summed E-state index contributed by atoms with van der Waals surface area (Å²) in [5, 5.41) is 10.9. The molecule has 0 aromatic heterocycles. The van der Waals surface area contributed by atoms with E-state index >= 15 is 0 Å². The molecule has 1 amide bonds. The van der Waals surface area contributed by atoms with E-state index in [1.165, 1.54) is 4.90 Å². The van der Waals surface area contributed by atoms with Crippen LogP contribution >= 0.6 is 0 Å². The van der Waals surface area contributed by atoms with Crippen LogP contribution in [0.25, 0.3) is 5.76 Å². The molecule has 1 atom stereocenters. The zero-order chi connectivity index (χ0) is 19.6. The molecule has 2 aromatic carbocycles. The second kappa shape index (κ2) is 7.76. The molecule has 140 valence electrons. The van der Waals surface area contributed by atoms with Crippen LogP contribution in [0.2, 0.25) is 0 Å². The van der Waals surface area contributed by atoms with Gasteiger partial charge in [0.25, 0.3) is 11.7 Å². The number of quaternary nitrogens is 1. The number of aliphatic hydroxyl groups is 1. The summed E-state index contributed by atoms with van der Waals surface area (Å²) in [5.74, 6) is -1.31. The van der Waals surface area contributed by atoms with Crippen molar-refractivity contribution in [1.82, 2.24) is 4.90 Å². The summed E-state index contributed by atoms with van der Waals surface area (Å²) in [6.45, 7) is 3.14. The maximum atomic E-state index is 12.8. The largest absolute Gasteiger partial charge is 0.507 e. The fourth-order valence-electron chi connectivity index (χ4n) is 3.30. The molecule has 0 aliphatic carbocycles. The molecule has 2 N–H and O–H groups in total. The first-order valence-corrected chi connectivity index (χ1v) is 9.09. The lowest BCUT2D eigenvalue weighted by Gasteiger charge is -2.25. The molecule has 0 radical (unpaired) electrons. The van der Waals surface area contributed by atoms with Crippen molar-refractivity contribution in [2.75, 3.05) is 27.2 Å². The van der Waals surface area contributed by atoms with Crippen molar-refractivity contribution >= 4 is 17.4 Å². The minimum absolute atomic E-state index is 0.126. The van der Waals surface area contributed by atoms with Crippen molar-refractivity contribution in [2.45, 2.75) is 13.0 Å². The Balaban J connectivity index is 2.13. The molecule has 1 fully saturated rings. The Kier molecular flexibility index (Phi) is 5.42. The van der Waals surface area contributed by atoms with Gasteiger partial charge in [-0.2, -0.15) is 0 Å². The molecule has 0 bridgehead atoms. The number of amides is 1. The number of rotatable bonds is 5. The van der Waals surface area contributed by atoms with Crippen molar-refractivity contribution in [1.29, 1.82) is 0 Å². The molecular formula is C22H25N2O3+. The first-order chi connectivity index (χ1) is 12.9. The average Bonchev–Trinajstić information content (AvgIpc) is 2.91. The normalized spacial score (nSPS) is 19.1. The zero-order valence-electron chi connectivity index (χ0n) is 15.9. The van der Waals surface area contributed by atoms with E-state index in [0.29, 0.717) is 18.7 Å². The van der Waals surface area contributed by atoms with E-state index in [9.17, 15) is 14.7 Å². The van der Waals surface area contributed by atoms with E-state index in [4.69, 9.17) is 0 Å². The number of aryl methyl sites for hydroxylation is 1. The van der Waals surface area contributed by atoms with Crippen molar-refractivity contribution < 1.29 is 19.6 Å². The summed E-state index contributed by atoms with van der Waals surface area (Å²) < 4.78 is 0. The van der Waals surface area contributed by atoms with Crippen LogP contribution in [0.15, 0.2) is 60.2 Å². The Morgan fingerprint density at radius 2 is 1.67 bits per heavy atom. The third-order valence-electron chi connectivity index (χ3n) is 4.83. The lowest BCUT2D eigenvalue weighted by atomic mass is 9.95. The lowest BCUT2D eigenvalue weighted by Crippen LogP contribution is -3.06. The van der Waals surface area contributed by atoms with Crippen molar-refractivity contribution in [3.05, 3.63) is 76.9 Å². The van der Waals surface area contributed by atoms with Crippen LogP contribution in [0.5, 0.6) is 0 Å². The van der Waals surface area contributed by atoms with Crippen LogP contribution in [0.4, 0.5) is 0 Å². The van der Waals surface area contributed by atoms with E-state index in [1.807, 2.05) is 51.4 Å². The molecule has 0 spiro atoms. The highest BCUT2D eigenvalue weighted by molar-refractivity contribution is 6.46. The summed E-state index contributed by atoms with van der Waals surface area (Å²) in [6, 6.07) is 16.1. The number of likely N-dealkylation sites (tertiary alicyclic amines) is 1. The van der Waals surface area contributed by atoms with Crippen molar-refractivity contribution in [3.8, 4) is 0 Å². The highest BCUT2D eigenvalue weighted by atomic mass is 16.3. The minimum atomic E-state index is -0.629. The Morgan fingerprint density at radius 1 is 1.04 bits per heavy atom. The molecule has 0 saturated carbocycles. The van der Waals surface area contributed by atoms with Crippen molar-refractivity contribution in [2.24, 2.45) is 0 Å². The van der Waals surface area contributed by atoms with Gasteiger partial charge in [0.15, 0.2) is 0 Å². The second-order valence-corrected chi connectivity index (χ2v) is 7.23. The standard InChI is InChI=1S/C22H24N2O3/c1-15-9-11-16(12-10-15)19-18(20(25)17-7-5-4-6-8-17)21(26)22(27)24(19)14-13-23(2)3/h4-12,19,25H,13-14H2,1-3H3/p+1/b20-18+/t19-/m1/s1. The highest BCUT2D eigenvalue weighted by Crippen LogP contribution is 2.39. The van der Waals surface area contributed by atoms with Gasteiger partial charge < -0.3 is 14.9 Å². The molecule has 0 unspecified atom stereocenters. The van der Waals surface area contributed by atoms with Gasteiger partial charge in [0.05, 0.1) is 38.8 Å². The van der Waals surface area contributed by atoms with Gasteiger partial charge in [-0.3, -0.25) is 9.59 Å². The molecule has 1 heterocycles. The number of nitrogens with one attached hydrogen (secondary N) is 1. The number of hydrogen-bond donors (Lipinski definition) is 2. The number of nitrogens with zero attached hydrogens (tertiary/aromatic N) is 1. The minimum Gasteiger partial charge on any atom is -0.507 e. The van der Waals surface area contributed by atoms with E-state index in [-0.39, 0.29) is 11.3 Å². The van der Waals surface area contributed by atoms with E-state index in [1.54, 1.807) is 29.2 Å². The molecular weight excluding hydrogens is 340 g/mol. The molecule has 5 heteroatoms.